The van der Waals surface area contributed by atoms with Crippen LogP contribution in [0.5, 0.6) is 0 Å². The lowest BCUT2D eigenvalue weighted by Crippen LogP contribution is -2.72. The summed E-state index contributed by atoms with van der Waals surface area (Å²) >= 11 is 0. The summed E-state index contributed by atoms with van der Waals surface area (Å²) in [5, 5.41) is 25.6. The van der Waals surface area contributed by atoms with Gasteiger partial charge in [-0.1, -0.05) is 27.2 Å². The summed E-state index contributed by atoms with van der Waals surface area (Å²) in [4.78, 5) is 323. The van der Waals surface area contributed by atoms with E-state index in [9.17, 15) is 110 Å². The maximum absolute atomic E-state index is 12.6. The number of hydroxylamine groups is 6. The van der Waals surface area contributed by atoms with Crippen LogP contribution in [-0.2, 0) is 130 Å². The molecule has 6 aliphatic rings. The predicted octanol–water partition coefficient (Wildman–Crippen LogP) is -1.88. The summed E-state index contributed by atoms with van der Waals surface area (Å²) in [5.41, 5.74) is -6.12. The maximum Gasteiger partial charge on any atom is 0.431 e. The number of methoxy groups -OCH3 is 2. The molecule has 130 heavy (non-hydrogen) atoms. The zero-order valence-corrected chi connectivity index (χ0v) is 76.1. The summed E-state index contributed by atoms with van der Waals surface area (Å²) in [5.74, 6) is -11.2. The Morgan fingerprint density at radius 2 is 0.485 bits per heavy atom. The molecule has 6 rings (SSSR count). The number of likely N-dealkylation sites (N-methyl/N-ethyl adjacent to an activating group) is 6. The van der Waals surface area contributed by atoms with E-state index >= 15 is 0 Å². The van der Waals surface area contributed by atoms with Gasteiger partial charge in [-0.2, -0.15) is 32.9 Å². The van der Waals surface area contributed by atoms with Gasteiger partial charge in [0.15, 0.2) is 0 Å². The highest BCUT2D eigenvalue weighted by molar-refractivity contribution is 6.37. The van der Waals surface area contributed by atoms with Crippen LogP contribution in [0.1, 0.15) is 125 Å². The van der Waals surface area contributed by atoms with Crippen molar-refractivity contribution in [1.82, 2.24) is 94.2 Å². The molecule has 0 radical (unpaired) electrons. The highest BCUT2D eigenvalue weighted by atomic mass is 16.8. The molecular formula is C69H104N22O39. The Kier molecular flexibility index (Phi) is 39.5. The fraction of sp³-hybridized carbons (Fsp3) is 0.580. The van der Waals surface area contributed by atoms with Crippen LogP contribution in [-0.4, -0.2) is 331 Å². The highest BCUT2D eigenvalue weighted by Gasteiger charge is 2.64. The number of urea groups is 6. The number of hydrogen-bond donors (Lipinski definition) is 12. The minimum absolute atomic E-state index is 0.0114. The van der Waals surface area contributed by atoms with Crippen LogP contribution < -0.4 is 64.8 Å². The molecule has 6 fully saturated rings. The van der Waals surface area contributed by atoms with Crippen LogP contribution in [0.25, 0.3) is 0 Å². The van der Waals surface area contributed by atoms with E-state index in [1.807, 2.05) is 48.5 Å². The van der Waals surface area contributed by atoms with Crippen LogP contribution in [0.3, 0.4) is 0 Å². The van der Waals surface area contributed by atoms with Crippen LogP contribution in [0.15, 0.2) is 32.9 Å². The van der Waals surface area contributed by atoms with Crippen molar-refractivity contribution in [2.45, 2.75) is 181 Å². The summed E-state index contributed by atoms with van der Waals surface area (Å²) in [6.45, 7) is 30.7. The monoisotopic (exact) mass is 1860 g/mol. The molecule has 0 aliphatic carbocycles. The van der Waals surface area contributed by atoms with Gasteiger partial charge >= 0.3 is 72.7 Å². The topological polar surface area (TPSA) is 754 Å². The molecule has 29 amide bonds. The van der Waals surface area contributed by atoms with E-state index in [0.717, 1.165) is 45.0 Å². The Labute approximate surface area is 738 Å². The van der Waals surface area contributed by atoms with Crippen LogP contribution in [0.4, 0.5) is 57.5 Å². The third-order valence-electron chi connectivity index (χ3n) is 16.0. The number of rotatable bonds is 20. The van der Waals surface area contributed by atoms with E-state index < -0.39 is 194 Å². The number of oxime groups is 4. The van der Waals surface area contributed by atoms with Crippen molar-refractivity contribution in [3.05, 3.63) is 12.3 Å². The first-order valence-corrected chi connectivity index (χ1v) is 36.5. The molecule has 6 saturated heterocycles. The van der Waals surface area contributed by atoms with Crippen molar-refractivity contribution in [3.63, 3.8) is 0 Å². The van der Waals surface area contributed by atoms with Crippen molar-refractivity contribution >= 4 is 161 Å². The van der Waals surface area contributed by atoms with E-state index in [1.54, 1.807) is 94.0 Å². The Balaban J connectivity index is 0.000000782. The molecule has 724 valence electrons. The molecule has 0 aromatic carbocycles. The second-order valence-corrected chi connectivity index (χ2v) is 30.3. The molecule has 0 bridgehead atoms. The zero-order chi connectivity index (χ0) is 101. The van der Waals surface area contributed by atoms with E-state index in [0.29, 0.717) is 19.6 Å². The van der Waals surface area contributed by atoms with Gasteiger partial charge in [-0.25, -0.2) is 86.6 Å². The smallest absolute Gasteiger partial charge is 0.431 e. The SMILES string of the molecule is C=C1NC(=O)NC(=O)C1(C)ONC(=O)OC(C)(C)C.CN1C(=O)N(C)C(=O)C(C)(ONC(=O)OC(C)(C)C)C1=O.CO/N=C(\C)C1(ONC(=O)OC(C)(C)C)C(=O)N(C)C(=O)N(C)C1=O.CO/N=C(\C)C1(ONC(=O)OC(C)(C)C)C(=O)NC(=O)NC1=O.CO/N=C(\C)C1(ONC(=O)OC)C(=O)N(C)C(=O)N(C)C1=O.CO/N=C(\C)C1(ONC(=O)OC)C(=O)NC(=O)NC1=O. The maximum atomic E-state index is 12.6. The predicted molar refractivity (Wildman–Crippen MR) is 425 cm³/mol. The number of hydrogen-bond acceptors (Lipinski definition) is 43. The lowest BCUT2D eigenvalue weighted by molar-refractivity contribution is -0.181. The van der Waals surface area contributed by atoms with Crippen LogP contribution in [0, 0.1) is 0 Å². The van der Waals surface area contributed by atoms with E-state index in [1.165, 1.54) is 91.2 Å². The fourth-order valence-electron chi connectivity index (χ4n) is 9.71. The Morgan fingerprint density at radius 1 is 0.292 bits per heavy atom. The van der Waals surface area contributed by atoms with Gasteiger partial charge < -0.3 is 53.1 Å². The lowest BCUT2D eigenvalue weighted by atomic mass is 9.93. The standard InChI is InChI=1S/C14H22N4O7.C12H18N4O7.C12H19N3O6.C11H16N4O7.C11H17N3O5.C9H12N4O7/c1-8(15-23-7)14(25-16-11(21)24-13(2,3)4)9(19)17(5)12(22)18(6)10(14)20;1-6(15-21-5)12(7(17)13-9(19)14-8(12)18)23-16-10(20)22-11(2,3)4;1-11(2,3)20-9(18)13-21-12(4)7(16)14(5)10(19)15(6)8(12)17;1-6(12-21-5)11(22-13-9(18)20-4)7(16)14(2)10(19)15(3)8(11)17;1-6-11(5,7(15)13-8(16)12-6)19-14-9(17)18-10(2,3)4;1-4(12-19-3)9(20-13-8(17)18-2)5(14)10-7(16)11-6(9)15/h1-7H3,(H,16,21);1-5H3,(H,16,20)(H2,13,14,17,18,19);1-6H3,(H,13,18);1-5H3,(H,13,18);1H2,2-5H3,(H,14,17)(H2,12,13,15,16);1-3H3,(H,13,17)(H2,10,11,14,15,16)/b15-8+;15-6+;;12-6+;;12-4+. The molecule has 1 unspecified atom stereocenters. The first-order chi connectivity index (χ1) is 59.5. The molecule has 0 spiro atoms. The molecule has 1 atom stereocenters. The second-order valence-electron chi connectivity index (χ2n) is 30.3. The molecule has 0 saturated carbocycles. The Hall–Kier alpha value is -15.0. The van der Waals surface area contributed by atoms with E-state index in [-0.39, 0.29) is 28.5 Å². The van der Waals surface area contributed by atoms with Crippen molar-refractivity contribution < 1.29 is 187 Å². The number of amides is 29. The van der Waals surface area contributed by atoms with Crippen molar-refractivity contribution in [2.75, 3.05) is 84.9 Å². The third kappa shape index (κ3) is 28.0. The number of carbonyl (C=O) groups is 23. The Bertz CT molecular complexity index is 4480. The average Bonchev–Trinajstić information content (AvgIpc) is 0.743. The normalized spacial score (nSPS) is 19.1. The summed E-state index contributed by atoms with van der Waals surface area (Å²) in [6.07, 6.45) is -5.99. The first-order valence-electron chi connectivity index (χ1n) is 36.5. The third-order valence-corrected chi connectivity index (χ3v) is 16.0. The van der Waals surface area contributed by atoms with Gasteiger partial charge in [-0.3, -0.25) is 109 Å². The average molecular weight is 1870 g/mol. The van der Waals surface area contributed by atoms with Gasteiger partial charge in [-0.05, 0) is 125 Å². The highest BCUT2D eigenvalue weighted by Crippen LogP contribution is 2.30. The van der Waals surface area contributed by atoms with E-state index in [2.05, 4.69) is 61.3 Å². The zero-order valence-electron chi connectivity index (χ0n) is 76.1. The lowest BCUT2D eigenvalue weighted by Gasteiger charge is -2.39. The Morgan fingerprint density at radius 3 is 0.708 bits per heavy atom. The van der Waals surface area contributed by atoms with Crippen molar-refractivity contribution in [3.8, 4) is 0 Å². The molecule has 12 N–H and O–H groups in total. The minimum Gasteiger partial charge on any atom is -0.451 e. The van der Waals surface area contributed by atoms with Gasteiger partial charge in [0.05, 0.1) is 19.9 Å². The largest absolute Gasteiger partial charge is 0.451 e. The van der Waals surface area contributed by atoms with Gasteiger partial charge in [0, 0.05) is 42.3 Å². The molecular weight excluding hydrogens is 1760 g/mol. The van der Waals surface area contributed by atoms with Crippen molar-refractivity contribution in [2.24, 2.45) is 20.6 Å². The number of ether oxygens (including phenoxy) is 6. The number of nitrogens with zero attached hydrogens (tertiary/aromatic N) is 10. The molecule has 61 heteroatoms. The summed E-state index contributed by atoms with van der Waals surface area (Å²) in [7, 11) is 13.9. The van der Waals surface area contributed by atoms with Crippen LogP contribution >= 0.6 is 0 Å². The fourth-order valence-corrected chi connectivity index (χ4v) is 9.71. The number of barbiturate groups is 5. The molecule has 6 heterocycles. The molecule has 0 aromatic heterocycles. The quantitative estimate of drug-likeness (QED) is 0.0275. The number of nitrogens with one attached hydrogen (secondary N) is 12. The minimum atomic E-state index is -2.42. The number of carbonyl (C=O) groups excluding carboxylic acids is 23. The second kappa shape index (κ2) is 45.4. The van der Waals surface area contributed by atoms with E-state index in [4.69, 9.17) is 48.0 Å². The molecule has 61 nitrogen and oxygen atoms in total. The first kappa shape index (κ1) is 113. The molecule has 0 aromatic rings. The van der Waals surface area contributed by atoms with Crippen LogP contribution in [0.2, 0.25) is 0 Å². The molecule has 6 aliphatic heterocycles. The summed E-state index contributed by atoms with van der Waals surface area (Å²) < 4.78 is 28.3. The van der Waals surface area contributed by atoms with Gasteiger partial charge in [0.2, 0.25) is 11.2 Å². The number of imide groups is 11. The van der Waals surface area contributed by atoms with Crippen molar-refractivity contribution in [1.29, 1.82) is 0 Å². The van der Waals surface area contributed by atoms with Gasteiger partial charge in [-0.15, -0.1) is 0 Å². The van der Waals surface area contributed by atoms with Gasteiger partial charge in [0.1, 0.15) is 73.7 Å². The van der Waals surface area contributed by atoms with Gasteiger partial charge in [0.25, 0.3) is 87.4 Å². The summed E-state index contributed by atoms with van der Waals surface area (Å²) in [6, 6.07) is -5.23.